The molecule has 2 aliphatic rings. The van der Waals surface area contributed by atoms with Crippen LogP contribution in [0.15, 0.2) is 18.2 Å². The summed E-state index contributed by atoms with van der Waals surface area (Å²) in [5.41, 5.74) is -1.11. The Labute approximate surface area is 145 Å². The summed E-state index contributed by atoms with van der Waals surface area (Å²) in [6.07, 6.45) is -1.35. The number of halogens is 3. The Morgan fingerprint density at radius 1 is 1.32 bits per heavy atom. The van der Waals surface area contributed by atoms with Gasteiger partial charge in [-0.05, 0) is 57.1 Å². The van der Waals surface area contributed by atoms with Crippen molar-refractivity contribution in [3.05, 3.63) is 29.6 Å². The smallest absolute Gasteiger partial charge is 0.390 e. The van der Waals surface area contributed by atoms with Crippen molar-refractivity contribution in [1.29, 1.82) is 0 Å². The first kappa shape index (κ1) is 18.2. The molecule has 4 nitrogen and oxygen atoms in total. The predicted octanol–water partition coefficient (Wildman–Crippen LogP) is 3.04. The Morgan fingerprint density at radius 3 is 2.52 bits per heavy atom. The number of aromatic nitrogens is 1. The third kappa shape index (κ3) is 4.32. The maximum absolute atomic E-state index is 12.7. The van der Waals surface area contributed by atoms with Crippen LogP contribution in [-0.2, 0) is 17.4 Å². The highest BCUT2D eigenvalue weighted by Crippen LogP contribution is 2.39. The van der Waals surface area contributed by atoms with E-state index in [1.54, 1.807) is 13.0 Å². The van der Waals surface area contributed by atoms with Crippen LogP contribution >= 0.6 is 0 Å². The maximum atomic E-state index is 12.7. The molecule has 1 aromatic rings. The fourth-order valence-corrected chi connectivity index (χ4v) is 3.84. The highest BCUT2D eigenvalue weighted by molar-refractivity contribution is 5.80. The summed E-state index contributed by atoms with van der Waals surface area (Å²) in [4.78, 5) is 17.9. The lowest BCUT2D eigenvalue weighted by Gasteiger charge is -2.43. The molecule has 1 saturated carbocycles. The number of piperidine rings is 1. The van der Waals surface area contributed by atoms with Gasteiger partial charge in [-0.3, -0.25) is 4.79 Å². The molecule has 0 unspecified atom stereocenters. The van der Waals surface area contributed by atoms with E-state index in [-0.39, 0.29) is 17.7 Å². The van der Waals surface area contributed by atoms with Crippen LogP contribution in [0, 0.1) is 11.8 Å². The first-order valence-corrected chi connectivity index (χ1v) is 8.68. The average molecular weight is 356 g/mol. The second-order valence-electron chi connectivity index (χ2n) is 7.59. The number of carbonyl (C=O) groups is 1. The molecule has 1 saturated heterocycles. The van der Waals surface area contributed by atoms with Crippen LogP contribution in [0.4, 0.5) is 13.2 Å². The summed E-state index contributed by atoms with van der Waals surface area (Å²) in [7, 11) is 0. The number of aliphatic hydroxyl groups is 1. The molecule has 3 rings (SSSR count). The first-order chi connectivity index (χ1) is 11.6. The van der Waals surface area contributed by atoms with Gasteiger partial charge in [0.2, 0.25) is 5.91 Å². The molecule has 0 atom stereocenters. The van der Waals surface area contributed by atoms with Crippen LogP contribution in [-0.4, -0.2) is 39.6 Å². The number of amides is 1. The molecule has 1 amide bonds. The van der Waals surface area contributed by atoms with E-state index in [4.69, 9.17) is 0 Å². The van der Waals surface area contributed by atoms with Gasteiger partial charge in [0.15, 0.2) is 0 Å². The Bertz CT molecular complexity index is 629. The quantitative estimate of drug-likeness (QED) is 0.906. The van der Waals surface area contributed by atoms with Gasteiger partial charge in [-0.25, -0.2) is 4.98 Å². The highest BCUT2D eigenvalue weighted by Gasteiger charge is 2.44. The largest absolute Gasteiger partial charge is 0.433 e. The minimum atomic E-state index is -4.42. The predicted molar refractivity (Wildman–Crippen MR) is 85.6 cm³/mol. The van der Waals surface area contributed by atoms with E-state index in [0.717, 1.165) is 18.9 Å². The van der Waals surface area contributed by atoms with Gasteiger partial charge < -0.3 is 10.0 Å². The Hall–Kier alpha value is -1.63. The van der Waals surface area contributed by atoms with Crippen LogP contribution in [0.2, 0.25) is 0 Å². The molecule has 1 aliphatic heterocycles. The second-order valence-corrected chi connectivity index (χ2v) is 7.59. The van der Waals surface area contributed by atoms with Crippen molar-refractivity contribution < 1.29 is 23.1 Å². The fraction of sp³-hybridized carbons (Fsp3) is 0.667. The lowest BCUT2D eigenvalue weighted by atomic mass is 9.71. The molecule has 2 fully saturated rings. The van der Waals surface area contributed by atoms with Crippen molar-refractivity contribution in [2.45, 2.75) is 50.8 Å². The van der Waals surface area contributed by atoms with Gasteiger partial charge in [0.05, 0.1) is 5.60 Å². The summed E-state index contributed by atoms with van der Waals surface area (Å²) >= 11 is 0. The van der Waals surface area contributed by atoms with Crippen LogP contribution < -0.4 is 0 Å². The summed E-state index contributed by atoms with van der Waals surface area (Å²) in [5, 5.41) is 9.76. The Morgan fingerprint density at radius 2 is 1.96 bits per heavy atom. The number of alkyl halides is 3. The SMILES string of the molecule is CC1(O)CC(C(=O)N2CCC(Cc3cccc(C(F)(F)F)n3)CC2)C1. The van der Waals surface area contributed by atoms with Gasteiger partial charge >= 0.3 is 6.18 Å². The molecule has 0 bridgehead atoms. The molecule has 1 N–H and O–H groups in total. The van der Waals surface area contributed by atoms with Crippen molar-refractivity contribution in [1.82, 2.24) is 9.88 Å². The maximum Gasteiger partial charge on any atom is 0.433 e. The zero-order valence-corrected chi connectivity index (χ0v) is 14.2. The number of carbonyl (C=O) groups excluding carboxylic acids is 1. The molecule has 0 radical (unpaired) electrons. The summed E-state index contributed by atoms with van der Waals surface area (Å²) in [6.45, 7) is 2.99. The molecular formula is C18H23F3N2O2. The van der Waals surface area contributed by atoms with Crippen molar-refractivity contribution in [2.75, 3.05) is 13.1 Å². The molecule has 138 valence electrons. The minimum absolute atomic E-state index is 0.0864. The third-order valence-corrected chi connectivity index (χ3v) is 5.24. The van der Waals surface area contributed by atoms with E-state index in [1.165, 1.54) is 6.07 Å². The molecular weight excluding hydrogens is 333 g/mol. The van der Waals surface area contributed by atoms with Crippen molar-refractivity contribution >= 4 is 5.91 Å². The molecule has 25 heavy (non-hydrogen) atoms. The van der Waals surface area contributed by atoms with Crippen LogP contribution in [0.1, 0.15) is 44.0 Å². The molecule has 0 spiro atoms. The van der Waals surface area contributed by atoms with E-state index >= 15 is 0 Å². The van der Waals surface area contributed by atoms with Crippen LogP contribution in [0.5, 0.6) is 0 Å². The number of hydrogen-bond acceptors (Lipinski definition) is 3. The van der Waals surface area contributed by atoms with Gasteiger partial charge in [0.1, 0.15) is 5.69 Å². The Balaban J connectivity index is 1.51. The minimum Gasteiger partial charge on any atom is -0.390 e. The highest BCUT2D eigenvalue weighted by atomic mass is 19.4. The third-order valence-electron chi connectivity index (χ3n) is 5.24. The number of nitrogens with zero attached hydrogens (tertiary/aromatic N) is 2. The van der Waals surface area contributed by atoms with E-state index in [0.29, 0.717) is 38.0 Å². The summed E-state index contributed by atoms with van der Waals surface area (Å²) in [6, 6.07) is 4.01. The van der Waals surface area contributed by atoms with E-state index < -0.39 is 17.5 Å². The Kier molecular flexibility index (Phi) is 4.79. The second kappa shape index (κ2) is 6.59. The van der Waals surface area contributed by atoms with Gasteiger partial charge in [-0.15, -0.1) is 0 Å². The number of hydrogen-bond donors (Lipinski definition) is 1. The van der Waals surface area contributed by atoms with E-state index in [2.05, 4.69) is 4.98 Å². The zero-order valence-electron chi connectivity index (χ0n) is 14.2. The van der Waals surface area contributed by atoms with Crippen molar-refractivity contribution in [3.63, 3.8) is 0 Å². The van der Waals surface area contributed by atoms with Gasteiger partial charge in [0, 0.05) is 24.7 Å². The van der Waals surface area contributed by atoms with E-state index in [1.807, 2.05) is 4.90 Å². The zero-order chi connectivity index (χ0) is 18.2. The number of likely N-dealkylation sites (tertiary alicyclic amines) is 1. The lowest BCUT2D eigenvalue weighted by molar-refractivity contribution is -0.151. The van der Waals surface area contributed by atoms with Gasteiger partial charge in [0.25, 0.3) is 0 Å². The number of pyridine rings is 1. The summed E-state index contributed by atoms with van der Waals surface area (Å²) < 4.78 is 38.2. The molecule has 2 heterocycles. The van der Waals surface area contributed by atoms with Gasteiger partial charge in [-0.1, -0.05) is 6.07 Å². The molecule has 1 aromatic heterocycles. The monoisotopic (exact) mass is 356 g/mol. The van der Waals surface area contributed by atoms with Gasteiger partial charge in [-0.2, -0.15) is 13.2 Å². The topological polar surface area (TPSA) is 53.4 Å². The van der Waals surface area contributed by atoms with Crippen LogP contribution in [0.3, 0.4) is 0 Å². The van der Waals surface area contributed by atoms with Crippen LogP contribution in [0.25, 0.3) is 0 Å². The summed E-state index contributed by atoms with van der Waals surface area (Å²) in [5.74, 6) is 0.253. The van der Waals surface area contributed by atoms with Crippen molar-refractivity contribution in [2.24, 2.45) is 11.8 Å². The average Bonchev–Trinajstić information content (AvgIpc) is 2.52. The standard InChI is InChI=1S/C18H23F3N2O2/c1-17(25)10-13(11-17)16(24)23-7-5-12(6-8-23)9-14-3-2-4-15(22-14)18(19,20)21/h2-4,12-13,25H,5-11H2,1H3. The fourth-order valence-electron chi connectivity index (χ4n) is 3.84. The normalized spacial score (nSPS) is 27.9. The lowest BCUT2D eigenvalue weighted by Crippen LogP contribution is -2.51. The molecule has 0 aromatic carbocycles. The first-order valence-electron chi connectivity index (χ1n) is 8.68. The number of rotatable bonds is 3. The molecule has 7 heteroatoms. The van der Waals surface area contributed by atoms with Crippen molar-refractivity contribution in [3.8, 4) is 0 Å². The van der Waals surface area contributed by atoms with E-state index in [9.17, 15) is 23.1 Å². The molecule has 1 aliphatic carbocycles.